The molecule has 0 aliphatic heterocycles. The van der Waals surface area contributed by atoms with Crippen LogP contribution in [0.3, 0.4) is 0 Å². The number of alkyl halides is 3. The Bertz CT molecular complexity index is 485. The summed E-state index contributed by atoms with van der Waals surface area (Å²) < 4.78 is 37.3. The summed E-state index contributed by atoms with van der Waals surface area (Å²) in [5, 5.41) is 5.85. The third-order valence-electron chi connectivity index (χ3n) is 2.09. The van der Waals surface area contributed by atoms with Gasteiger partial charge in [-0.25, -0.2) is 10.2 Å². The van der Waals surface area contributed by atoms with Crippen LogP contribution in [0.2, 0.25) is 0 Å². The highest BCUT2D eigenvalue weighted by molar-refractivity contribution is 5.91. The van der Waals surface area contributed by atoms with Crippen molar-refractivity contribution >= 4 is 17.4 Å². The van der Waals surface area contributed by atoms with Crippen LogP contribution >= 0.6 is 0 Å². The number of benzene rings is 1. The van der Waals surface area contributed by atoms with E-state index < -0.39 is 17.8 Å². The highest BCUT2D eigenvalue weighted by Crippen LogP contribution is 2.30. The second kappa shape index (κ2) is 6.19. The lowest BCUT2D eigenvalue weighted by molar-refractivity contribution is -0.137. The van der Waals surface area contributed by atoms with E-state index >= 15 is 0 Å². The van der Waals surface area contributed by atoms with Crippen molar-refractivity contribution in [3.63, 3.8) is 0 Å². The van der Waals surface area contributed by atoms with Gasteiger partial charge in [-0.15, -0.1) is 0 Å². The Balaban J connectivity index is 2.70. The number of amides is 2. The number of carbonyl (C=O) groups is 1. The van der Waals surface area contributed by atoms with Crippen molar-refractivity contribution in [3.8, 4) is 0 Å². The molecule has 0 saturated carbocycles. The molecule has 1 rings (SSSR count). The Kier molecular flexibility index (Phi) is 4.87. The minimum absolute atomic E-state index is 0.0212. The molecular formula is C11H13F3N4O. The minimum atomic E-state index is -4.46. The van der Waals surface area contributed by atoms with Gasteiger partial charge in [-0.1, -0.05) is 6.07 Å². The first kappa shape index (κ1) is 15.0. The van der Waals surface area contributed by atoms with Crippen molar-refractivity contribution in [1.29, 1.82) is 0 Å². The normalized spacial score (nSPS) is 12.2. The lowest BCUT2D eigenvalue weighted by Gasteiger charge is -2.09. The zero-order valence-electron chi connectivity index (χ0n) is 10.1. The van der Waals surface area contributed by atoms with Gasteiger partial charge in [0, 0.05) is 17.9 Å². The summed E-state index contributed by atoms with van der Waals surface area (Å²) in [6, 6.07) is 3.55. The fourth-order valence-electron chi connectivity index (χ4n) is 1.12. The van der Waals surface area contributed by atoms with Gasteiger partial charge in [-0.05, 0) is 25.1 Å². The van der Waals surface area contributed by atoms with E-state index in [0.717, 1.165) is 12.1 Å². The first-order chi connectivity index (χ1) is 8.82. The maximum absolute atomic E-state index is 12.4. The summed E-state index contributed by atoms with van der Waals surface area (Å²) >= 11 is 0. The zero-order valence-corrected chi connectivity index (χ0v) is 10.1. The van der Waals surface area contributed by atoms with E-state index in [1.807, 2.05) is 0 Å². The van der Waals surface area contributed by atoms with E-state index in [4.69, 9.17) is 5.73 Å². The van der Waals surface area contributed by atoms with Crippen LogP contribution in [0.15, 0.2) is 29.4 Å². The largest absolute Gasteiger partial charge is 0.416 e. The van der Waals surface area contributed by atoms with Crippen molar-refractivity contribution in [2.75, 3.05) is 11.9 Å². The smallest absolute Gasteiger partial charge is 0.325 e. The highest BCUT2D eigenvalue weighted by atomic mass is 19.4. The van der Waals surface area contributed by atoms with Gasteiger partial charge in [0.25, 0.3) is 0 Å². The molecule has 0 radical (unpaired) electrons. The molecule has 0 spiro atoms. The molecule has 8 heteroatoms. The Hall–Kier alpha value is -2.09. The van der Waals surface area contributed by atoms with Gasteiger partial charge in [-0.3, -0.25) is 0 Å². The third kappa shape index (κ3) is 4.96. The van der Waals surface area contributed by atoms with Crippen molar-refractivity contribution < 1.29 is 18.0 Å². The first-order valence-electron chi connectivity index (χ1n) is 5.30. The first-order valence-corrected chi connectivity index (χ1v) is 5.30. The zero-order chi connectivity index (χ0) is 14.5. The monoisotopic (exact) mass is 274 g/mol. The van der Waals surface area contributed by atoms with Crippen LogP contribution in [0.5, 0.6) is 0 Å². The lowest BCUT2D eigenvalue weighted by Crippen LogP contribution is -2.26. The Morgan fingerprint density at radius 3 is 2.68 bits per heavy atom. The molecule has 0 aliphatic rings. The van der Waals surface area contributed by atoms with Gasteiger partial charge in [0.2, 0.25) is 0 Å². The maximum atomic E-state index is 12.4. The van der Waals surface area contributed by atoms with Gasteiger partial charge in [-0.2, -0.15) is 18.3 Å². The van der Waals surface area contributed by atoms with Gasteiger partial charge in [0.05, 0.1) is 5.56 Å². The predicted molar refractivity (Wildman–Crippen MR) is 65.8 cm³/mol. The number of urea groups is 1. The van der Waals surface area contributed by atoms with Crippen LogP contribution < -0.4 is 16.5 Å². The van der Waals surface area contributed by atoms with Crippen LogP contribution in [0.4, 0.5) is 23.7 Å². The van der Waals surface area contributed by atoms with Gasteiger partial charge in [0.15, 0.2) is 0 Å². The number of carbonyl (C=O) groups excluding carboxylic acids is 1. The average Bonchev–Trinajstić information content (AvgIpc) is 2.35. The van der Waals surface area contributed by atoms with Crippen molar-refractivity contribution in [1.82, 2.24) is 5.43 Å². The Morgan fingerprint density at radius 1 is 1.42 bits per heavy atom. The molecule has 0 aliphatic carbocycles. The van der Waals surface area contributed by atoms with Crippen molar-refractivity contribution in [2.45, 2.75) is 13.1 Å². The SMILES string of the molecule is C/C(CN)=N\NC(=O)Nc1cccc(C(F)(F)F)c1. The molecule has 0 bridgehead atoms. The second-order valence-electron chi connectivity index (χ2n) is 3.70. The molecule has 0 fully saturated rings. The summed E-state index contributed by atoms with van der Waals surface area (Å²) in [5.41, 5.74) is 7.03. The van der Waals surface area contributed by atoms with Crippen LogP contribution in [0.1, 0.15) is 12.5 Å². The molecule has 5 nitrogen and oxygen atoms in total. The van der Waals surface area contributed by atoms with Crippen LogP contribution in [-0.4, -0.2) is 18.3 Å². The van der Waals surface area contributed by atoms with E-state index in [0.29, 0.717) is 5.71 Å². The minimum Gasteiger partial charge on any atom is -0.325 e. The molecule has 1 aromatic carbocycles. The third-order valence-corrected chi connectivity index (χ3v) is 2.09. The summed E-state index contributed by atoms with van der Waals surface area (Å²) in [6.45, 7) is 1.77. The molecule has 2 amide bonds. The topological polar surface area (TPSA) is 79.5 Å². The molecule has 1 aromatic rings. The number of halogens is 3. The van der Waals surface area contributed by atoms with Crippen LogP contribution in [-0.2, 0) is 6.18 Å². The van der Waals surface area contributed by atoms with Crippen LogP contribution in [0, 0.1) is 0 Å². The van der Waals surface area contributed by atoms with E-state index in [2.05, 4.69) is 15.8 Å². The lowest BCUT2D eigenvalue weighted by atomic mass is 10.2. The average molecular weight is 274 g/mol. The number of nitrogens with zero attached hydrogens (tertiary/aromatic N) is 1. The summed E-state index contributed by atoms with van der Waals surface area (Å²) in [7, 11) is 0. The van der Waals surface area contributed by atoms with Crippen molar-refractivity contribution in [3.05, 3.63) is 29.8 Å². The fourth-order valence-corrected chi connectivity index (χ4v) is 1.12. The number of hydrazone groups is 1. The maximum Gasteiger partial charge on any atom is 0.416 e. The quantitative estimate of drug-likeness (QED) is 0.583. The molecule has 0 atom stereocenters. The molecule has 0 heterocycles. The van der Waals surface area contributed by atoms with Gasteiger partial charge in [0.1, 0.15) is 0 Å². The van der Waals surface area contributed by atoms with E-state index in [-0.39, 0.29) is 12.2 Å². The number of hydrogen-bond donors (Lipinski definition) is 3. The number of anilines is 1. The molecular weight excluding hydrogens is 261 g/mol. The molecule has 104 valence electrons. The molecule has 0 saturated heterocycles. The highest BCUT2D eigenvalue weighted by Gasteiger charge is 2.30. The standard InChI is InChI=1S/C11H13F3N4O/c1-7(6-15)17-18-10(19)16-9-4-2-3-8(5-9)11(12,13)14/h2-5H,6,15H2,1H3,(H2,16,18,19)/b17-7+. The summed E-state index contributed by atoms with van der Waals surface area (Å²) in [6.07, 6.45) is -4.46. The second-order valence-corrected chi connectivity index (χ2v) is 3.70. The number of nitrogens with two attached hydrogens (primary N) is 1. The fraction of sp³-hybridized carbons (Fsp3) is 0.273. The van der Waals surface area contributed by atoms with Gasteiger partial charge < -0.3 is 11.1 Å². The van der Waals surface area contributed by atoms with Crippen molar-refractivity contribution in [2.24, 2.45) is 10.8 Å². The van der Waals surface area contributed by atoms with E-state index in [1.54, 1.807) is 6.92 Å². The number of hydrogen-bond acceptors (Lipinski definition) is 3. The molecule has 4 N–H and O–H groups in total. The number of nitrogens with one attached hydrogen (secondary N) is 2. The summed E-state index contributed by atoms with van der Waals surface area (Å²) in [4.78, 5) is 11.3. The molecule has 0 aromatic heterocycles. The Labute approximate surface area is 107 Å². The predicted octanol–water partition coefficient (Wildman–Crippen LogP) is 2.16. The number of rotatable bonds is 3. The van der Waals surface area contributed by atoms with Gasteiger partial charge >= 0.3 is 12.2 Å². The Morgan fingerprint density at radius 2 is 2.11 bits per heavy atom. The van der Waals surface area contributed by atoms with Crippen LogP contribution in [0.25, 0.3) is 0 Å². The summed E-state index contributed by atoms with van der Waals surface area (Å²) in [5.74, 6) is 0. The van der Waals surface area contributed by atoms with E-state index in [9.17, 15) is 18.0 Å². The molecule has 0 unspecified atom stereocenters. The molecule has 19 heavy (non-hydrogen) atoms. The van der Waals surface area contributed by atoms with E-state index in [1.165, 1.54) is 12.1 Å².